The molecule has 0 heterocycles. The molecule has 6 nitrogen and oxygen atoms in total. The Kier molecular flexibility index (Phi) is 63.9. The molecule has 0 spiro atoms. The third-order valence-electron chi connectivity index (χ3n) is 13.5. The van der Waals surface area contributed by atoms with E-state index in [0.29, 0.717) is 19.3 Å². The summed E-state index contributed by atoms with van der Waals surface area (Å²) < 4.78 is 16.8. The summed E-state index contributed by atoms with van der Waals surface area (Å²) in [4.78, 5) is 38.1. The highest BCUT2D eigenvalue weighted by molar-refractivity contribution is 5.71. The third-order valence-corrected chi connectivity index (χ3v) is 13.5. The second-order valence-electron chi connectivity index (χ2n) is 21.3. The number of ether oxygens (including phenoxy) is 3. The van der Waals surface area contributed by atoms with Gasteiger partial charge in [-0.3, -0.25) is 14.4 Å². The molecule has 0 bridgehead atoms. The van der Waals surface area contributed by atoms with Crippen LogP contribution in [0, 0.1) is 0 Å². The maximum atomic E-state index is 12.9. The van der Waals surface area contributed by atoms with Crippen LogP contribution < -0.4 is 0 Å². The number of hydrogen-bond acceptors (Lipinski definition) is 6. The molecule has 0 amide bonds. The topological polar surface area (TPSA) is 78.9 Å². The van der Waals surface area contributed by atoms with Crippen molar-refractivity contribution < 1.29 is 28.6 Å². The summed E-state index contributed by atoms with van der Waals surface area (Å²) in [6.45, 7) is 6.33. The van der Waals surface area contributed by atoms with E-state index in [1.807, 2.05) is 0 Å². The maximum absolute atomic E-state index is 12.9. The molecular weight excluding hydrogens is 1010 g/mol. The first kappa shape index (κ1) is 76.8. The van der Waals surface area contributed by atoms with Crippen LogP contribution >= 0.6 is 0 Å². The van der Waals surface area contributed by atoms with E-state index in [2.05, 4.69) is 191 Å². The fourth-order valence-corrected chi connectivity index (χ4v) is 8.58. The van der Waals surface area contributed by atoms with Crippen LogP contribution in [0.15, 0.2) is 170 Å². The van der Waals surface area contributed by atoms with Crippen molar-refractivity contribution in [2.75, 3.05) is 13.2 Å². The zero-order chi connectivity index (χ0) is 59.2. The number of carbonyl (C=O) groups is 3. The Morgan fingerprint density at radius 1 is 0.256 bits per heavy atom. The van der Waals surface area contributed by atoms with Crippen molar-refractivity contribution in [1.29, 1.82) is 0 Å². The number of unbranched alkanes of at least 4 members (excludes halogenated alkanes) is 19. The van der Waals surface area contributed by atoms with Crippen molar-refractivity contribution in [3.63, 3.8) is 0 Å². The van der Waals surface area contributed by atoms with E-state index < -0.39 is 6.10 Å². The first-order valence-corrected chi connectivity index (χ1v) is 33.1. The molecule has 0 fully saturated rings. The van der Waals surface area contributed by atoms with Gasteiger partial charge in [-0.1, -0.05) is 287 Å². The number of esters is 3. The van der Waals surface area contributed by atoms with Crippen molar-refractivity contribution in [3.05, 3.63) is 170 Å². The van der Waals surface area contributed by atoms with Crippen LogP contribution in [0.2, 0.25) is 0 Å². The minimum atomic E-state index is -0.794. The first-order valence-electron chi connectivity index (χ1n) is 33.1. The Labute approximate surface area is 504 Å². The Morgan fingerprint density at radius 3 is 0.744 bits per heavy atom. The summed E-state index contributed by atoms with van der Waals surface area (Å²) in [5.74, 6) is -0.929. The van der Waals surface area contributed by atoms with Crippen molar-refractivity contribution in [2.45, 2.75) is 277 Å². The van der Waals surface area contributed by atoms with E-state index in [9.17, 15) is 14.4 Å². The van der Waals surface area contributed by atoms with E-state index >= 15 is 0 Å². The molecule has 0 N–H and O–H groups in total. The maximum Gasteiger partial charge on any atom is 0.306 e. The Bertz CT molecular complexity index is 1870. The molecule has 0 radical (unpaired) electrons. The molecule has 6 heteroatoms. The molecule has 0 rings (SSSR count). The lowest BCUT2D eigenvalue weighted by atomic mass is 10.1. The van der Waals surface area contributed by atoms with Gasteiger partial charge in [0.25, 0.3) is 0 Å². The molecule has 0 aliphatic rings. The largest absolute Gasteiger partial charge is 0.462 e. The van der Waals surface area contributed by atoms with Gasteiger partial charge in [-0.25, -0.2) is 0 Å². The van der Waals surface area contributed by atoms with Crippen LogP contribution in [0.25, 0.3) is 0 Å². The highest BCUT2D eigenvalue weighted by atomic mass is 16.6. The number of allylic oxidation sites excluding steroid dienone is 28. The summed E-state index contributed by atoms with van der Waals surface area (Å²) in [7, 11) is 0. The van der Waals surface area contributed by atoms with Crippen LogP contribution in [-0.4, -0.2) is 37.2 Å². The summed E-state index contributed by atoms with van der Waals surface area (Å²) in [5.41, 5.74) is 0. The van der Waals surface area contributed by atoms with Crippen LogP contribution in [0.5, 0.6) is 0 Å². The standard InChI is InChI=1S/C76H120O6/c1-4-7-10-13-16-18-20-22-24-26-28-30-32-33-34-35-36-37-38-39-40-41-42-43-45-46-48-50-52-54-56-58-60-63-66-69-75(78)81-72-73(71-80-74(77)68-65-62-15-12-9-6-3)82-76(79)70-67-64-61-59-57-55-53-51-49-47-44-31-29-27-25-23-21-19-17-14-11-8-5-2/h7-8,10-11,16-19,22-25,28-31,33-34,36-37,39-40,42-43,46-49,73H,4-6,9,12-15,20-21,26-27,32,35,38,41,44-45,50-72H2,1-3H3/b10-7-,11-8-,18-16-,19-17-,24-22-,25-23-,30-28-,31-29-,34-33-,37-36-,40-39-,43-42-,48-46-,49-47-. The second-order valence-corrected chi connectivity index (χ2v) is 21.3. The molecule has 0 aliphatic heterocycles. The predicted molar refractivity (Wildman–Crippen MR) is 357 cm³/mol. The Morgan fingerprint density at radius 2 is 0.476 bits per heavy atom. The lowest BCUT2D eigenvalue weighted by molar-refractivity contribution is -0.167. The van der Waals surface area contributed by atoms with Crippen molar-refractivity contribution >= 4 is 17.9 Å². The van der Waals surface area contributed by atoms with Crippen molar-refractivity contribution in [3.8, 4) is 0 Å². The minimum Gasteiger partial charge on any atom is -0.462 e. The Hall–Kier alpha value is -5.23. The molecule has 0 saturated carbocycles. The van der Waals surface area contributed by atoms with E-state index in [1.165, 1.54) is 64.2 Å². The van der Waals surface area contributed by atoms with Crippen LogP contribution in [0.4, 0.5) is 0 Å². The predicted octanol–water partition coefficient (Wildman–Crippen LogP) is 23.0. The summed E-state index contributed by atoms with van der Waals surface area (Å²) in [6.07, 6.45) is 101. The fraction of sp³-hybridized carbons (Fsp3) is 0.592. The van der Waals surface area contributed by atoms with Gasteiger partial charge in [0.2, 0.25) is 0 Å². The van der Waals surface area contributed by atoms with E-state index in [1.54, 1.807) is 0 Å². The minimum absolute atomic E-state index is 0.0920. The van der Waals surface area contributed by atoms with Crippen LogP contribution in [0.3, 0.4) is 0 Å². The number of carbonyl (C=O) groups excluding carboxylic acids is 3. The van der Waals surface area contributed by atoms with Crippen molar-refractivity contribution in [2.24, 2.45) is 0 Å². The van der Waals surface area contributed by atoms with Gasteiger partial charge in [0, 0.05) is 19.3 Å². The van der Waals surface area contributed by atoms with Gasteiger partial charge >= 0.3 is 17.9 Å². The van der Waals surface area contributed by atoms with Gasteiger partial charge in [0.05, 0.1) is 0 Å². The molecule has 0 aromatic heterocycles. The molecule has 0 saturated heterocycles. The summed E-state index contributed by atoms with van der Waals surface area (Å²) in [6, 6.07) is 0. The quantitative estimate of drug-likeness (QED) is 0.0261. The van der Waals surface area contributed by atoms with E-state index in [-0.39, 0.29) is 31.1 Å². The average Bonchev–Trinajstić information content (AvgIpc) is 3.47. The number of rotatable bonds is 58. The molecule has 0 aliphatic carbocycles. The van der Waals surface area contributed by atoms with Crippen LogP contribution in [0.1, 0.15) is 271 Å². The monoisotopic (exact) mass is 1130 g/mol. The van der Waals surface area contributed by atoms with Crippen molar-refractivity contribution in [1.82, 2.24) is 0 Å². The smallest absolute Gasteiger partial charge is 0.306 e. The van der Waals surface area contributed by atoms with Gasteiger partial charge in [0.1, 0.15) is 13.2 Å². The van der Waals surface area contributed by atoms with Gasteiger partial charge < -0.3 is 14.2 Å². The van der Waals surface area contributed by atoms with Crippen LogP contribution in [-0.2, 0) is 28.6 Å². The first-order chi connectivity index (χ1) is 40.5. The molecule has 1 atom stereocenters. The van der Waals surface area contributed by atoms with Gasteiger partial charge in [-0.15, -0.1) is 0 Å². The molecule has 82 heavy (non-hydrogen) atoms. The lowest BCUT2D eigenvalue weighted by Crippen LogP contribution is -2.30. The molecular formula is C76H120O6. The second kappa shape index (κ2) is 68.3. The summed E-state index contributed by atoms with van der Waals surface area (Å²) >= 11 is 0. The zero-order valence-electron chi connectivity index (χ0n) is 52.7. The number of hydrogen-bond donors (Lipinski definition) is 0. The lowest BCUT2D eigenvalue weighted by Gasteiger charge is -2.18. The Balaban J connectivity index is 4.16. The highest BCUT2D eigenvalue weighted by Gasteiger charge is 2.19. The third kappa shape index (κ3) is 65.6. The average molecular weight is 1130 g/mol. The van der Waals surface area contributed by atoms with E-state index in [4.69, 9.17) is 14.2 Å². The molecule has 460 valence electrons. The SMILES string of the molecule is CC/C=C\C/C=C\C/C=C\C/C=C\C/C=C\C/C=C\C/C=C\C/C=C\C/C=C\CCCCCCCCCC(=O)OCC(COC(=O)CCCCCCCC)OC(=O)CCCCCCCCC/C=C\C/C=C\C/C=C\C/C=C\C/C=C\CC. The highest BCUT2D eigenvalue weighted by Crippen LogP contribution is 2.14. The molecule has 1 unspecified atom stereocenters. The fourth-order valence-electron chi connectivity index (χ4n) is 8.58. The summed E-state index contributed by atoms with van der Waals surface area (Å²) in [5, 5.41) is 0. The zero-order valence-corrected chi connectivity index (χ0v) is 52.7. The molecule has 0 aromatic rings. The van der Waals surface area contributed by atoms with E-state index in [0.717, 1.165) is 167 Å². The molecule has 0 aromatic carbocycles. The van der Waals surface area contributed by atoms with Gasteiger partial charge in [0.15, 0.2) is 6.10 Å². The van der Waals surface area contributed by atoms with Gasteiger partial charge in [-0.2, -0.15) is 0 Å². The normalized spacial score (nSPS) is 13.3. The van der Waals surface area contributed by atoms with Gasteiger partial charge in [-0.05, 0) is 135 Å².